The number of hydrogen-bond acceptors (Lipinski definition) is 8. The number of fused-ring (bicyclic) bond motifs is 2. The lowest BCUT2D eigenvalue weighted by Crippen LogP contribution is -2.20. The minimum atomic E-state index is -4.75. The molecule has 54 heavy (non-hydrogen) atoms. The van der Waals surface area contributed by atoms with Gasteiger partial charge in [0.25, 0.3) is 0 Å². The summed E-state index contributed by atoms with van der Waals surface area (Å²) >= 11 is 0. The normalized spacial score (nSPS) is 11.4. The summed E-state index contributed by atoms with van der Waals surface area (Å²) in [5.74, 6) is -0.375. The molecule has 0 aromatic heterocycles. The number of carbonyl (C=O) groups is 2. The summed E-state index contributed by atoms with van der Waals surface area (Å²) < 4.78 is 64.7. The Morgan fingerprint density at radius 1 is 0.370 bits per heavy atom. The van der Waals surface area contributed by atoms with Crippen LogP contribution in [0.15, 0.2) is 168 Å². The minimum absolute atomic E-state index is 0.188. The van der Waals surface area contributed by atoms with Crippen molar-refractivity contribution < 1.29 is 34.8 Å². The molecule has 0 radical (unpaired) electrons. The highest BCUT2D eigenvalue weighted by molar-refractivity contribution is 7.90. The van der Waals surface area contributed by atoms with Crippen LogP contribution in [0.2, 0.25) is 0 Å². The number of urea groups is 2. The van der Waals surface area contributed by atoms with E-state index in [0.29, 0.717) is 11.4 Å². The van der Waals surface area contributed by atoms with Gasteiger partial charge in [0.2, 0.25) is 0 Å². The van der Waals surface area contributed by atoms with Crippen LogP contribution in [-0.4, -0.2) is 28.9 Å². The average molecular weight is 759 g/mol. The maximum atomic E-state index is 13.5. The molecule has 7 rings (SSSR count). The first-order valence-corrected chi connectivity index (χ1v) is 19.1. The highest BCUT2D eigenvalue weighted by Gasteiger charge is 2.30. The molecule has 0 spiro atoms. The molecular formula is C40H30N4O8S2. The average Bonchev–Trinajstić information content (AvgIpc) is 3.14. The Kier molecular flexibility index (Phi) is 9.85. The van der Waals surface area contributed by atoms with E-state index in [2.05, 4.69) is 21.3 Å². The lowest BCUT2D eigenvalue weighted by Gasteiger charge is -2.14. The van der Waals surface area contributed by atoms with Gasteiger partial charge in [0.05, 0.1) is 0 Å². The van der Waals surface area contributed by atoms with E-state index >= 15 is 0 Å². The fourth-order valence-electron chi connectivity index (χ4n) is 5.58. The topological polar surface area (TPSA) is 169 Å². The molecule has 270 valence electrons. The van der Waals surface area contributed by atoms with Crippen LogP contribution in [0.5, 0.6) is 11.5 Å². The fraction of sp³-hybridized carbons (Fsp3) is 0. The first-order chi connectivity index (χ1) is 26.0. The maximum Gasteiger partial charge on any atom is 0.340 e. The molecule has 0 heterocycles. The van der Waals surface area contributed by atoms with Crippen molar-refractivity contribution in [2.45, 2.75) is 9.79 Å². The third-order valence-corrected chi connectivity index (χ3v) is 10.7. The van der Waals surface area contributed by atoms with Crippen LogP contribution in [0.1, 0.15) is 0 Å². The monoisotopic (exact) mass is 758 g/mol. The van der Waals surface area contributed by atoms with Gasteiger partial charge >= 0.3 is 32.3 Å². The van der Waals surface area contributed by atoms with Gasteiger partial charge in [-0.25, -0.2) is 9.59 Å². The summed E-state index contributed by atoms with van der Waals surface area (Å²) in [5.41, 5.74) is 1.52. The van der Waals surface area contributed by atoms with E-state index in [9.17, 15) is 26.4 Å². The summed E-state index contributed by atoms with van der Waals surface area (Å²) in [7, 11) is -9.51. The standard InChI is InChI=1S/C40H30N4O8S2/c45-39(43-33-21-19-27-9-1-3-11-29(27)23-33)41-31-13-7-15-35(25-31)51-53(47,48)37-17-5-6-18-38(37)54(49,50)52-36-16-8-14-32(26-36)42-40(46)44-34-22-20-28-10-2-4-12-30(28)24-34/h1-26H,(H2,41,43,45)(H2,42,44,46). The highest BCUT2D eigenvalue weighted by Crippen LogP contribution is 2.30. The molecule has 0 bridgehead atoms. The first-order valence-electron chi connectivity index (χ1n) is 16.3. The van der Waals surface area contributed by atoms with Crippen LogP contribution in [-0.2, 0) is 20.2 Å². The predicted octanol–water partition coefficient (Wildman–Crippen LogP) is 8.82. The largest absolute Gasteiger partial charge is 0.379 e. The molecule has 0 saturated heterocycles. The summed E-state index contributed by atoms with van der Waals surface area (Å²) in [6.07, 6.45) is 0. The van der Waals surface area contributed by atoms with Crippen LogP contribution in [0.25, 0.3) is 21.5 Å². The molecule has 0 fully saturated rings. The van der Waals surface area contributed by atoms with E-state index < -0.39 is 42.1 Å². The number of benzene rings is 7. The molecule has 7 aromatic carbocycles. The van der Waals surface area contributed by atoms with Gasteiger partial charge < -0.3 is 29.6 Å². The molecule has 0 saturated carbocycles. The Morgan fingerprint density at radius 2 is 0.722 bits per heavy atom. The van der Waals surface area contributed by atoms with Gasteiger partial charge in [-0.2, -0.15) is 16.8 Å². The van der Waals surface area contributed by atoms with Crippen molar-refractivity contribution in [2.24, 2.45) is 0 Å². The summed E-state index contributed by atoms with van der Waals surface area (Å²) in [5, 5.41) is 14.6. The molecule has 4 amide bonds. The van der Waals surface area contributed by atoms with E-state index in [1.807, 2.05) is 72.8 Å². The Hall–Kier alpha value is -6.90. The van der Waals surface area contributed by atoms with Crippen molar-refractivity contribution in [3.8, 4) is 11.5 Å². The van der Waals surface area contributed by atoms with Gasteiger partial charge in [-0.05, 0) is 82.2 Å². The summed E-state index contributed by atoms with van der Waals surface area (Å²) in [6, 6.07) is 41.1. The van der Waals surface area contributed by atoms with Crippen LogP contribution in [0.3, 0.4) is 0 Å². The Labute approximate surface area is 310 Å². The van der Waals surface area contributed by atoms with Crippen molar-refractivity contribution in [2.75, 3.05) is 21.3 Å². The maximum absolute atomic E-state index is 13.5. The molecule has 0 aliphatic rings. The van der Waals surface area contributed by atoms with Crippen molar-refractivity contribution >= 4 is 76.6 Å². The van der Waals surface area contributed by atoms with Gasteiger partial charge in [0.1, 0.15) is 21.3 Å². The van der Waals surface area contributed by atoms with Gasteiger partial charge in [-0.15, -0.1) is 0 Å². The third-order valence-electron chi connectivity index (χ3n) is 8.00. The second-order valence-corrected chi connectivity index (χ2v) is 14.9. The van der Waals surface area contributed by atoms with E-state index in [-0.39, 0.29) is 22.9 Å². The second-order valence-electron chi connectivity index (χ2n) is 11.9. The number of carbonyl (C=O) groups excluding carboxylic acids is 2. The van der Waals surface area contributed by atoms with Crippen LogP contribution in [0, 0.1) is 0 Å². The zero-order valence-corrected chi connectivity index (χ0v) is 29.7. The molecule has 0 unspecified atom stereocenters. The third kappa shape index (κ3) is 8.41. The van der Waals surface area contributed by atoms with E-state index in [1.54, 1.807) is 12.1 Å². The molecule has 0 aliphatic heterocycles. The van der Waals surface area contributed by atoms with E-state index in [4.69, 9.17) is 8.37 Å². The van der Waals surface area contributed by atoms with Crippen molar-refractivity contribution in [1.82, 2.24) is 0 Å². The van der Waals surface area contributed by atoms with Crippen molar-refractivity contribution in [3.63, 3.8) is 0 Å². The predicted molar refractivity (Wildman–Crippen MR) is 208 cm³/mol. The van der Waals surface area contributed by atoms with Gasteiger partial charge in [0, 0.05) is 34.9 Å². The van der Waals surface area contributed by atoms with E-state index in [1.165, 1.54) is 60.7 Å². The first kappa shape index (κ1) is 35.5. The van der Waals surface area contributed by atoms with Gasteiger partial charge in [0.15, 0.2) is 0 Å². The second kappa shape index (κ2) is 15.0. The molecular weight excluding hydrogens is 729 g/mol. The molecule has 14 heteroatoms. The molecule has 0 atom stereocenters. The summed E-state index contributed by atoms with van der Waals surface area (Å²) in [6.45, 7) is 0. The van der Waals surface area contributed by atoms with Gasteiger partial charge in [-0.3, -0.25) is 0 Å². The zero-order valence-electron chi connectivity index (χ0n) is 28.1. The van der Waals surface area contributed by atoms with Crippen molar-refractivity contribution in [3.05, 3.63) is 158 Å². The number of rotatable bonds is 10. The number of amides is 4. The fourth-order valence-corrected chi connectivity index (χ4v) is 8.20. The molecule has 12 nitrogen and oxygen atoms in total. The SMILES string of the molecule is O=C(Nc1cccc(OS(=O)(=O)c2ccccc2S(=O)(=O)Oc2cccc(NC(=O)Nc3ccc4ccccc4c3)c2)c1)Nc1ccc2ccccc2c1. The summed E-state index contributed by atoms with van der Waals surface area (Å²) in [4.78, 5) is 24.1. The van der Waals surface area contributed by atoms with Gasteiger partial charge in [-0.1, -0.05) is 84.9 Å². The van der Waals surface area contributed by atoms with Crippen LogP contribution >= 0.6 is 0 Å². The number of anilines is 4. The quantitative estimate of drug-likeness (QED) is 0.100. The molecule has 4 N–H and O–H groups in total. The minimum Gasteiger partial charge on any atom is -0.379 e. The number of hydrogen-bond donors (Lipinski definition) is 4. The highest BCUT2D eigenvalue weighted by atomic mass is 32.2. The smallest absolute Gasteiger partial charge is 0.340 e. The zero-order chi connectivity index (χ0) is 37.7. The lowest BCUT2D eigenvalue weighted by atomic mass is 10.1. The molecule has 7 aromatic rings. The lowest BCUT2D eigenvalue weighted by molar-refractivity contribution is 0.261. The molecule has 0 aliphatic carbocycles. The van der Waals surface area contributed by atoms with Crippen LogP contribution < -0.4 is 29.6 Å². The number of nitrogens with one attached hydrogen (secondary N) is 4. The Balaban J connectivity index is 1.02. The Bertz CT molecular complexity index is 2590. The van der Waals surface area contributed by atoms with E-state index in [0.717, 1.165) is 33.7 Å². The van der Waals surface area contributed by atoms with Crippen LogP contribution in [0.4, 0.5) is 32.3 Å². The Morgan fingerprint density at radius 3 is 1.13 bits per heavy atom. The van der Waals surface area contributed by atoms with Crippen molar-refractivity contribution in [1.29, 1.82) is 0 Å².